The van der Waals surface area contributed by atoms with E-state index in [9.17, 15) is 4.79 Å². The summed E-state index contributed by atoms with van der Waals surface area (Å²) in [5.74, 6) is 0.0182. The van der Waals surface area contributed by atoms with E-state index >= 15 is 0 Å². The number of hydrogen-bond acceptors (Lipinski definition) is 5. The van der Waals surface area contributed by atoms with Crippen LogP contribution in [0.4, 0.5) is 10.8 Å². The van der Waals surface area contributed by atoms with Crippen molar-refractivity contribution in [1.29, 1.82) is 0 Å². The number of amides is 1. The lowest BCUT2D eigenvalue weighted by Gasteiger charge is -2.24. The highest BCUT2D eigenvalue weighted by Gasteiger charge is 2.27. The third-order valence-corrected chi connectivity index (χ3v) is 5.50. The number of nitrogens with zero attached hydrogens (tertiary/aromatic N) is 4. The second-order valence-corrected chi connectivity index (χ2v) is 7.87. The van der Waals surface area contributed by atoms with Crippen LogP contribution in [0.3, 0.4) is 0 Å². The van der Waals surface area contributed by atoms with Crippen LogP contribution in [0.1, 0.15) is 41.5 Å². The van der Waals surface area contributed by atoms with Crippen molar-refractivity contribution in [3.63, 3.8) is 0 Å². The Balaban J connectivity index is 1.90. The first-order chi connectivity index (χ1) is 13.5. The van der Waals surface area contributed by atoms with Gasteiger partial charge in [0.2, 0.25) is 0 Å². The summed E-state index contributed by atoms with van der Waals surface area (Å²) in [6.45, 7) is 6.08. The molecule has 1 amide bonds. The zero-order valence-corrected chi connectivity index (χ0v) is 16.8. The Hall–Kier alpha value is -3.12. The number of benzene rings is 2. The Labute approximate surface area is 167 Å². The Bertz CT molecular complexity index is 1100. The third-order valence-electron chi connectivity index (χ3n) is 4.48. The minimum absolute atomic E-state index is 0.236. The summed E-state index contributed by atoms with van der Waals surface area (Å²) >= 11 is 1.49. The Morgan fingerprint density at radius 1 is 1.00 bits per heavy atom. The number of aryl methyl sites for hydroxylation is 1. The summed E-state index contributed by atoms with van der Waals surface area (Å²) in [5, 5.41) is 0.627. The van der Waals surface area contributed by atoms with Crippen molar-refractivity contribution in [3.05, 3.63) is 77.9 Å². The Morgan fingerprint density at radius 2 is 1.75 bits per heavy atom. The molecule has 4 aromatic rings. The van der Waals surface area contributed by atoms with Gasteiger partial charge in [0.1, 0.15) is 5.69 Å². The van der Waals surface area contributed by atoms with Crippen LogP contribution >= 0.6 is 11.3 Å². The molecule has 2 heterocycles. The van der Waals surface area contributed by atoms with Crippen LogP contribution in [-0.4, -0.2) is 20.9 Å². The van der Waals surface area contributed by atoms with E-state index in [0.717, 1.165) is 27.2 Å². The molecule has 0 fully saturated rings. The van der Waals surface area contributed by atoms with Gasteiger partial charge in [0.15, 0.2) is 5.13 Å². The molecule has 0 saturated carbocycles. The first-order valence-corrected chi connectivity index (χ1v) is 9.94. The van der Waals surface area contributed by atoms with Crippen LogP contribution in [0, 0.1) is 6.92 Å². The lowest BCUT2D eigenvalue weighted by atomic mass is 10.0. The van der Waals surface area contributed by atoms with E-state index in [1.807, 2.05) is 49.4 Å². The van der Waals surface area contributed by atoms with Crippen molar-refractivity contribution in [2.45, 2.75) is 26.7 Å². The average molecular weight is 388 g/mol. The molecule has 0 N–H and O–H groups in total. The summed E-state index contributed by atoms with van der Waals surface area (Å²) in [5.41, 5.74) is 3.84. The summed E-state index contributed by atoms with van der Waals surface area (Å²) in [4.78, 5) is 28.4. The van der Waals surface area contributed by atoms with Gasteiger partial charge in [0.25, 0.3) is 5.91 Å². The number of carbonyl (C=O) groups excluding carboxylic acids is 1. The van der Waals surface area contributed by atoms with Crippen LogP contribution < -0.4 is 4.90 Å². The average Bonchev–Trinajstić information content (AvgIpc) is 3.12. The number of hydrogen-bond donors (Lipinski definition) is 0. The molecular weight excluding hydrogens is 368 g/mol. The number of para-hydroxylation sites is 2. The van der Waals surface area contributed by atoms with Gasteiger partial charge in [-0.15, -0.1) is 0 Å². The van der Waals surface area contributed by atoms with Gasteiger partial charge in [-0.1, -0.05) is 55.5 Å². The fourth-order valence-corrected chi connectivity index (χ4v) is 4.03. The molecular formula is C22H20N4OS. The van der Waals surface area contributed by atoms with Gasteiger partial charge in [-0.05, 0) is 36.6 Å². The molecule has 0 aliphatic rings. The van der Waals surface area contributed by atoms with Gasteiger partial charge in [0, 0.05) is 6.20 Å². The van der Waals surface area contributed by atoms with Crippen molar-refractivity contribution in [3.8, 4) is 0 Å². The van der Waals surface area contributed by atoms with Crippen molar-refractivity contribution < 1.29 is 4.79 Å². The van der Waals surface area contributed by atoms with E-state index in [1.54, 1.807) is 11.1 Å². The molecule has 0 spiro atoms. The Kier molecular flexibility index (Phi) is 4.88. The second kappa shape index (κ2) is 7.48. The molecule has 0 radical (unpaired) electrons. The standard InChI is InChI=1S/C22H20N4OS/c1-14(2)16-8-4-6-10-19(16)26(21(27)18-13-23-15(3)12-24-18)22-25-17-9-5-7-11-20(17)28-22/h4-14H,1-3H3. The van der Waals surface area contributed by atoms with Gasteiger partial charge in [0.05, 0.1) is 27.8 Å². The largest absolute Gasteiger partial charge is 0.284 e. The van der Waals surface area contributed by atoms with Crippen molar-refractivity contribution in [2.75, 3.05) is 4.90 Å². The van der Waals surface area contributed by atoms with Crippen LogP contribution in [0.5, 0.6) is 0 Å². The molecule has 0 bridgehead atoms. The molecule has 2 aromatic heterocycles. The maximum Gasteiger partial charge on any atom is 0.284 e. The highest BCUT2D eigenvalue weighted by atomic mass is 32.1. The minimum Gasteiger partial charge on any atom is -0.266 e. The first kappa shape index (κ1) is 18.3. The fourth-order valence-electron chi connectivity index (χ4n) is 3.05. The summed E-state index contributed by atoms with van der Waals surface area (Å²) in [6.07, 6.45) is 3.13. The van der Waals surface area contributed by atoms with Gasteiger partial charge in [-0.25, -0.2) is 9.97 Å². The van der Waals surface area contributed by atoms with Crippen LogP contribution in [-0.2, 0) is 0 Å². The zero-order chi connectivity index (χ0) is 19.7. The van der Waals surface area contributed by atoms with Gasteiger partial charge in [-0.3, -0.25) is 14.7 Å². The molecule has 0 saturated heterocycles. The third kappa shape index (κ3) is 3.39. The SMILES string of the molecule is Cc1cnc(C(=O)N(c2nc3ccccc3s2)c2ccccc2C(C)C)cn1. The lowest BCUT2D eigenvalue weighted by Crippen LogP contribution is -2.28. The van der Waals surface area contributed by atoms with E-state index in [0.29, 0.717) is 10.8 Å². The van der Waals surface area contributed by atoms with E-state index in [4.69, 9.17) is 4.98 Å². The first-order valence-electron chi connectivity index (χ1n) is 9.12. The zero-order valence-electron chi connectivity index (χ0n) is 16.0. The normalized spacial score (nSPS) is 11.1. The maximum atomic E-state index is 13.5. The molecule has 6 heteroatoms. The second-order valence-electron chi connectivity index (χ2n) is 6.86. The van der Waals surface area contributed by atoms with E-state index in [-0.39, 0.29) is 11.8 Å². The smallest absolute Gasteiger partial charge is 0.266 e. The Morgan fingerprint density at radius 3 is 2.46 bits per heavy atom. The number of fused-ring (bicyclic) bond motifs is 1. The number of anilines is 2. The van der Waals surface area contributed by atoms with E-state index < -0.39 is 0 Å². The number of aromatic nitrogens is 3. The van der Waals surface area contributed by atoms with Crippen LogP contribution in [0.15, 0.2) is 60.9 Å². The fraction of sp³-hybridized carbons (Fsp3) is 0.182. The number of carbonyl (C=O) groups is 1. The molecule has 28 heavy (non-hydrogen) atoms. The number of thiazole rings is 1. The molecule has 0 aliphatic carbocycles. The van der Waals surface area contributed by atoms with Crippen molar-refractivity contribution in [2.24, 2.45) is 0 Å². The van der Waals surface area contributed by atoms with E-state index in [2.05, 4.69) is 29.9 Å². The van der Waals surface area contributed by atoms with Gasteiger partial charge >= 0.3 is 0 Å². The summed E-state index contributed by atoms with van der Waals surface area (Å²) < 4.78 is 1.03. The van der Waals surface area contributed by atoms with Crippen molar-refractivity contribution in [1.82, 2.24) is 15.0 Å². The summed E-state index contributed by atoms with van der Waals surface area (Å²) in [7, 11) is 0. The lowest BCUT2D eigenvalue weighted by molar-refractivity contribution is 0.0994. The number of rotatable bonds is 4. The predicted molar refractivity (Wildman–Crippen MR) is 113 cm³/mol. The van der Waals surface area contributed by atoms with Crippen LogP contribution in [0.25, 0.3) is 10.2 Å². The van der Waals surface area contributed by atoms with Gasteiger partial charge < -0.3 is 0 Å². The summed E-state index contributed by atoms with van der Waals surface area (Å²) in [6, 6.07) is 15.8. The highest BCUT2D eigenvalue weighted by molar-refractivity contribution is 7.22. The molecule has 140 valence electrons. The van der Waals surface area contributed by atoms with Crippen molar-refractivity contribution >= 4 is 38.3 Å². The molecule has 0 unspecified atom stereocenters. The molecule has 5 nitrogen and oxygen atoms in total. The minimum atomic E-state index is -0.236. The van der Waals surface area contributed by atoms with E-state index in [1.165, 1.54) is 17.5 Å². The molecule has 0 aliphatic heterocycles. The topological polar surface area (TPSA) is 59.0 Å². The predicted octanol–water partition coefficient (Wildman–Crippen LogP) is 5.50. The quantitative estimate of drug-likeness (QED) is 0.463. The molecule has 0 atom stereocenters. The maximum absolute atomic E-state index is 13.5. The monoisotopic (exact) mass is 388 g/mol. The van der Waals surface area contributed by atoms with Crippen LogP contribution in [0.2, 0.25) is 0 Å². The van der Waals surface area contributed by atoms with Gasteiger partial charge in [-0.2, -0.15) is 0 Å². The molecule has 4 rings (SSSR count). The molecule has 2 aromatic carbocycles. The highest BCUT2D eigenvalue weighted by Crippen LogP contribution is 2.37.